The third-order valence-electron chi connectivity index (χ3n) is 5.52. The summed E-state index contributed by atoms with van der Waals surface area (Å²) in [5.74, 6) is -0.106. The first-order valence-corrected chi connectivity index (χ1v) is 11.0. The van der Waals surface area contributed by atoms with Crippen LogP contribution in [0.15, 0.2) is 53.6 Å². The van der Waals surface area contributed by atoms with E-state index < -0.39 is 0 Å². The summed E-state index contributed by atoms with van der Waals surface area (Å²) < 4.78 is 8.77. The van der Waals surface area contributed by atoms with Gasteiger partial charge in [-0.05, 0) is 38.5 Å². The van der Waals surface area contributed by atoms with E-state index in [0.717, 1.165) is 21.8 Å². The molecule has 3 aromatic heterocycles. The van der Waals surface area contributed by atoms with Gasteiger partial charge in [0.1, 0.15) is 4.83 Å². The Morgan fingerprint density at radius 2 is 1.94 bits per heavy atom. The minimum atomic E-state index is -0.196. The van der Waals surface area contributed by atoms with Gasteiger partial charge in [-0.3, -0.25) is 14.2 Å². The fourth-order valence-corrected chi connectivity index (χ4v) is 5.11. The van der Waals surface area contributed by atoms with Crippen LogP contribution in [0.1, 0.15) is 34.7 Å². The number of thiophene rings is 1. The van der Waals surface area contributed by atoms with E-state index in [1.807, 2.05) is 56.3 Å². The van der Waals surface area contributed by atoms with Crippen LogP contribution >= 0.6 is 11.3 Å². The molecule has 1 atom stereocenters. The number of hydrogen-bond donors (Lipinski definition) is 0. The fourth-order valence-electron chi connectivity index (χ4n) is 4.11. The molecule has 160 valence electrons. The SMILES string of the molecule is COC[C@H](C)n1c(C)cc(C(=O)Cn2cnc3sc(-c4ccccc4)cc3c2=O)c1C. The molecule has 0 radical (unpaired) electrons. The first-order valence-electron chi connectivity index (χ1n) is 10.2. The topological polar surface area (TPSA) is 66.1 Å². The number of carbonyl (C=O) groups excluding carboxylic acids is 1. The van der Waals surface area contributed by atoms with Gasteiger partial charge in [-0.2, -0.15) is 0 Å². The van der Waals surface area contributed by atoms with Crippen LogP contribution in [-0.4, -0.2) is 33.6 Å². The fraction of sp³-hybridized carbons (Fsp3) is 0.292. The van der Waals surface area contributed by atoms with Crippen molar-refractivity contribution in [2.45, 2.75) is 33.4 Å². The van der Waals surface area contributed by atoms with Gasteiger partial charge in [0, 0.05) is 28.9 Å². The number of hydrogen-bond acceptors (Lipinski definition) is 5. The second kappa shape index (κ2) is 8.61. The van der Waals surface area contributed by atoms with Crippen LogP contribution in [0.3, 0.4) is 0 Å². The number of aryl methyl sites for hydroxylation is 1. The summed E-state index contributed by atoms with van der Waals surface area (Å²) in [6, 6.07) is 13.8. The van der Waals surface area contributed by atoms with E-state index in [1.165, 1.54) is 22.2 Å². The summed E-state index contributed by atoms with van der Waals surface area (Å²) in [5.41, 5.74) is 3.36. The second-order valence-corrected chi connectivity index (χ2v) is 8.79. The van der Waals surface area contributed by atoms with Gasteiger partial charge in [-0.1, -0.05) is 30.3 Å². The molecule has 0 amide bonds. The number of methoxy groups -OCH3 is 1. The first kappa shape index (κ1) is 21.2. The molecule has 0 saturated carbocycles. The summed E-state index contributed by atoms with van der Waals surface area (Å²) >= 11 is 1.48. The number of nitrogens with zero attached hydrogens (tertiary/aromatic N) is 3. The highest BCUT2D eigenvalue weighted by Crippen LogP contribution is 2.30. The average molecular weight is 436 g/mol. The number of fused-ring (bicyclic) bond motifs is 1. The van der Waals surface area contributed by atoms with Crippen molar-refractivity contribution in [3.05, 3.63) is 76.1 Å². The highest BCUT2D eigenvalue weighted by atomic mass is 32.1. The van der Waals surface area contributed by atoms with Crippen LogP contribution in [0.2, 0.25) is 0 Å². The number of Topliss-reactive ketones (excluding diaryl/α,β-unsaturated/α-hetero) is 1. The molecule has 6 nitrogen and oxygen atoms in total. The lowest BCUT2D eigenvalue weighted by Crippen LogP contribution is -2.24. The van der Waals surface area contributed by atoms with Crippen molar-refractivity contribution in [2.24, 2.45) is 0 Å². The van der Waals surface area contributed by atoms with E-state index >= 15 is 0 Å². The molecule has 0 aliphatic carbocycles. The molecular weight excluding hydrogens is 410 g/mol. The molecule has 0 aliphatic rings. The van der Waals surface area contributed by atoms with Crippen molar-refractivity contribution in [3.8, 4) is 10.4 Å². The average Bonchev–Trinajstić information content (AvgIpc) is 3.32. The summed E-state index contributed by atoms with van der Waals surface area (Å²) in [6.07, 6.45) is 1.47. The van der Waals surface area contributed by atoms with Crippen LogP contribution in [0, 0.1) is 13.8 Å². The minimum absolute atomic E-state index is 0.0404. The lowest BCUT2D eigenvalue weighted by atomic mass is 10.1. The van der Waals surface area contributed by atoms with Gasteiger partial charge in [-0.25, -0.2) is 4.98 Å². The van der Waals surface area contributed by atoms with E-state index in [0.29, 0.717) is 22.4 Å². The molecule has 0 saturated heterocycles. The van der Waals surface area contributed by atoms with Crippen molar-refractivity contribution < 1.29 is 9.53 Å². The van der Waals surface area contributed by atoms with Gasteiger partial charge in [0.25, 0.3) is 5.56 Å². The molecule has 0 spiro atoms. The van der Waals surface area contributed by atoms with Gasteiger partial charge in [0.05, 0.1) is 30.9 Å². The number of rotatable bonds is 7. The van der Waals surface area contributed by atoms with E-state index in [2.05, 4.69) is 16.5 Å². The van der Waals surface area contributed by atoms with Gasteiger partial charge in [0.2, 0.25) is 0 Å². The Labute approximate surface area is 184 Å². The van der Waals surface area contributed by atoms with Crippen molar-refractivity contribution in [2.75, 3.05) is 13.7 Å². The van der Waals surface area contributed by atoms with Gasteiger partial charge >= 0.3 is 0 Å². The first-order chi connectivity index (χ1) is 14.9. The molecule has 0 unspecified atom stereocenters. The Kier molecular flexibility index (Phi) is 5.89. The maximum absolute atomic E-state index is 13.1. The largest absolute Gasteiger partial charge is 0.383 e. The summed E-state index contributed by atoms with van der Waals surface area (Å²) in [4.78, 5) is 32.2. The third-order valence-corrected chi connectivity index (χ3v) is 6.62. The smallest absolute Gasteiger partial charge is 0.262 e. The van der Waals surface area contributed by atoms with E-state index in [1.54, 1.807) is 7.11 Å². The second-order valence-electron chi connectivity index (χ2n) is 7.76. The number of aromatic nitrogens is 3. The third kappa shape index (κ3) is 3.98. The molecule has 31 heavy (non-hydrogen) atoms. The Morgan fingerprint density at radius 3 is 2.65 bits per heavy atom. The highest BCUT2D eigenvalue weighted by Gasteiger charge is 2.20. The molecule has 4 rings (SSSR count). The molecule has 0 fully saturated rings. The Balaban J connectivity index is 1.65. The van der Waals surface area contributed by atoms with E-state index in [9.17, 15) is 9.59 Å². The number of ether oxygens (including phenoxy) is 1. The Bertz CT molecular complexity index is 1300. The van der Waals surface area contributed by atoms with Crippen molar-refractivity contribution >= 4 is 27.3 Å². The molecule has 7 heteroatoms. The zero-order valence-electron chi connectivity index (χ0n) is 18.1. The molecule has 4 aromatic rings. The quantitative estimate of drug-likeness (QED) is 0.397. The monoisotopic (exact) mass is 435 g/mol. The summed E-state index contributed by atoms with van der Waals surface area (Å²) in [6.45, 7) is 6.49. The lowest BCUT2D eigenvalue weighted by Gasteiger charge is -2.17. The molecule has 0 bridgehead atoms. The van der Waals surface area contributed by atoms with Crippen molar-refractivity contribution in [1.82, 2.24) is 14.1 Å². The van der Waals surface area contributed by atoms with Crippen LogP contribution in [0.5, 0.6) is 0 Å². The number of carbonyl (C=O) groups is 1. The zero-order valence-corrected chi connectivity index (χ0v) is 18.9. The molecule has 3 heterocycles. The van der Waals surface area contributed by atoms with Crippen LogP contribution in [0.25, 0.3) is 20.7 Å². The summed E-state index contributed by atoms with van der Waals surface area (Å²) in [7, 11) is 1.67. The van der Waals surface area contributed by atoms with Crippen LogP contribution < -0.4 is 5.56 Å². The van der Waals surface area contributed by atoms with Crippen LogP contribution in [-0.2, 0) is 11.3 Å². The number of benzene rings is 1. The standard InChI is InChI=1S/C24H25N3O3S/c1-15-10-19(17(3)27(15)16(2)13-30-4)21(28)12-26-14-25-23-20(24(26)29)11-22(31-23)18-8-6-5-7-9-18/h5-11,14,16H,12-13H2,1-4H3/t16-/m0/s1. The van der Waals surface area contributed by atoms with Gasteiger partial charge in [0.15, 0.2) is 5.78 Å². The maximum atomic E-state index is 13.1. The van der Waals surface area contributed by atoms with Crippen LogP contribution in [0.4, 0.5) is 0 Å². The normalized spacial score (nSPS) is 12.4. The highest BCUT2D eigenvalue weighted by molar-refractivity contribution is 7.21. The molecule has 0 N–H and O–H groups in total. The lowest BCUT2D eigenvalue weighted by molar-refractivity contribution is 0.0969. The molecular formula is C24H25N3O3S. The number of ketones is 1. The Morgan fingerprint density at radius 1 is 1.19 bits per heavy atom. The maximum Gasteiger partial charge on any atom is 0.262 e. The molecule has 1 aromatic carbocycles. The molecule has 0 aliphatic heterocycles. The predicted octanol–water partition coefficient (Wildman–Crippen LogP) is 4.63. The van der Waals surface area contributed by atoms with E-state index in [4.69, 9.17) is 4.74 Å². The minimum Gasteiger partial charge on any atom is -0.383 e. The van der Waals surface area contributed by atoms with Gasteiger partial charge < -0.3 is 9.30 Å². The summed E-state index contributed by atoms with van der Waals surface area (Å²) in [5, 5.41) is 0.540. The van der Waals surface area contributed by atoms with Crippen molar-refractivity contribution in [1.29, 1.82) is 0 Å². The van der Waals surface area contributed by atoms with Gasteiger partial charge in [-0.15, -0.1) is 11.3 Å². The Hall–Kier alpha value is -3.03. The predicted molar refractivity (Wildman–Crippen MR) is 124 cm³/mol. The van der Waals surface area contributed by atoms with Crippen molar-refractivity contribution in [3.63, 3.8) is 0 Å². The zero-order chi connectivity index (χ0) is 22.1. The van der Waals surface area contributed by atoms with E-state index in [-0.39, 0.29) is 23.9 Å².